The highest BCUT2D eigenvalue weighted by molar-refractivity contribution is 6.33. The van der Waals surface area contributed by atoms with Crippen LogP contribution in [-0.4, -0.2) is 56.0 Å². The molecule has 4 heterocycles. The number of hydrogen-bond donors (Lipinski definition) is 1. The van der Waals surface area contributed by atoms with E-state index in [0.717, 1.165) is 5.56 Å². The lowest BCUT2D eigenvalue weighted by atomic mass is 10.0. The number of carbonyl (C=O) groups excluding carboxylic acids is 1. The minimum atomic E-state index is -0.640. The summed E-state index contributed by atoms with van der Waals surface area (Å²) in [7, 11) is 0. The molecule has 1 amide bonds. The molecule has 1 aromatic carbocycles. The maximum absolute atomic E-state index is 15.9. The van der Waals surface area contributed by atoms with Crippen LogP contribution in [0, 0.1) is 12.7 Å². The van der Waals surface area contributed by atoms with E-state index in [1.807, 2.05) is 38.7 Å². The molecule has 11 heteroatoms. The van der Waals surface area contributed by atoms with Gasteiger partial charge in [-0.1, -0.05) is 32.0 Å². The Labute approximate surface area is 242 Å². The molecule has 1 atom stereocenters. The molecule has 2 N–H and O–H groups in total. The highest BCUT2D eigenvalue weighted by atomic mass is 35.5. The smallest absolute Gasteiger partial charge is 0.355 e. The minimum Gasteiger partial charge on any atom is -0.399 e. The number of pyridine rings is 2. The van der Waals surface area contributed by atoms with E-state index in [4.69, 9.17) is 22.3 Å². The van der Waals surface area contributed by atoms with Gasteiger partial charge in [0, 0.05) is 43.1 Å². The molecule has 0 radical (unpaired) electrons. The van der Waals surface area contributed by atoms with Crippen LogP contribution in [0.25, 0.3) is 28.0 Å². The van der Waals surface area contributed by atoms with Crippen LogP contribution in [0.15, 0.2) is 54.0 Å². The molecule has 1 fully saturated rings. The largest absolute Gasteiger partial charge is 0.399 e. The summed E-state index contributed by atoms with van der Waals surface area (Å²) in [6, 6.07) is 7.69. The zero-order valence-corrected chi connectivity index (χ0v) is 24.1. The van der Waals surface area contributed by atoms with Gasteiger partial charge in [0.05, 0.1) is 21.8 Å². The quantitative estimate of drug-likeness (QED) is 0.267. The number of piperazine rings is 1. The van der Waals surface area contributed by atoms with Gasteiger partial charge in [-0.05, 0) is 61.7 Å². The van der Waals surface area contributed by atoms with E-state index in [1.165, 1.54) is 16.7 Å². The van der Waals surface area contributed by atoms with Crippen molar-refractivity contribution in [3.8, 4) is 16.9 Å². The second-order valence-electron chi connectivity index (χ2n) is 10.5. The van der Waals surface area contributed by atoms with E-state index < -0.39 is 11.5 Å². The third-order valence-electron chi connectivity index (χ3n) is 7.36. The van der Waals surface area contributed by atoms with Gasteiger partial charge in [-0.15, -0.1) is 0 Å². The maximum atomic E-state index is 15.9. The van der Waals surface area contributed by atoms with Gasteiger partial charge in [0.1, 0.15) is 17.3 Å². The lowest BCUT2D eigenvalue weighted by Gasteiger charge is -2.40. The molecule has 1 aliphatic rings. The Balaban J connectivity index is 1.82. The number of rotatable bonds is 5. The summed E-state index contributed by atoms with van der Waals surface area (Å²) in [4.78, 5) is 43.6. The first-order valence-corrected chi connectivity index (χ1v) is 13.7. The summed E-state index contributed by atoms with van der Waals surface area (Å²) in [5.74, 6) is -0.540. The van der Waals surface area contributed by atoms with Gasteiger partial charge >= 0.3 is 5.69 Å². The third kappa shape index (κ3) is 5.04. The Morgan fingerprint density at radius 1 is 1.22 bits per heavy atom. The Morgan fingerprint density at radius 2 is 1.98 bits per heavy atom. The first-order chi connectivity index (χ1) is 19.5. The minimum absolute atomic E-state index is 0.0229. The zero-order chi connectivity index (χ0) is 29.6. The van der Waals surface area contributed by atoms with Crippen LogP contribution in [0.3, 0.4) is 0 Å². The predicted molar refractivity (Wildman–Crippen MR) is 160 cm³/mol. The number of halogens is 2. The number of nitrogens with zero attached hydrogens (tertiary/aromatic N) is 6. The molecular weight excluding hydrogens is 545 g/mol. The van der Waals surface area contributed by atoms with Crippen molar-refractivity contribution in [2.75, 3.05) is 30.3 Å². The average Bonchev–Trinajstić information content (AvgIpc) is 2.94. The van der Waals surface area contributed by atoms with Crippen molar-refractivity contribution in [1.82, 2.24) is 24.4 Å². The molecule has 5 rings (SSSR count). The number of nitrogens with two attached hydrogens (primary N) is 1. The second-order valence-corrected chi connectivity index (χ2v) is 10.9. The third-order valence-corrected chi connectivity index (χ3v) is 7.69. The molecule has 3 aromatic heterocycles. The number of amides is 1. The monoisotopic (exact) mass is 575 g/mol. The molecule has 1 saturated heterocycles. The molecule has 0 aliphatic carbocycles. The van der Waals surface area contributed by atoms with Crippen molar-refractivity contribution in [2.45, 2.75) is 39.7 Å². The lowest BCUT2D eigenvalue weighted by molar-refractivity contribution is -0.126. The first kappa shape index (κ1) is 28.2. The number of benzene rings is 1. The molecule has 1 aliphatic heterocycles. The molecule has 0 unspecified atom stereocenters. The van der Waals surface area contributed by atoms with Crippen LogP contribution in [0.1, 0.15) is 37.9 Å². The fourth-order valence-corrected chi connectivity index (χ4v) is 5.53. The van der Waals surface area contributed by atoms with Crippen molar-refractivity contribution in [3.05, 3.63) is 81.8 Å². The number of carbonyl (C=O) groups is 1. The molecular formula is C30H31ClFN7O2. The van der Waals surface area contributed by atoms with Crippen molar-refractivity contribution in [3.63, 3.8) is 0 Å². The number of fused-ring (bicyclic) bond motifs is 1. The highest BCUT2D eigenvalue weighted by Gasteiger charge is 2.30. The molecule has 212 valence electrons. The number of hydrogen-bond acceptors (Lipinski definition) is 7. The van der Waals surface area contributed by atoms with Crippen LogP contribution in [-0.2, 0) is 4.79 Å². The van der Waals surface area contributed by atoms with Crippen LogP contribution in [0.5, 0.6) is 0 Å². The number of nitrogen functional groups attached to an aromatic ring is 1. The summed E-state index contributed by atoms with van der Waals surface area (Å²) < 4.78 is 17.3. The van der Waals surface area contributed by atoms with E-state index in [2.05, 4.69) is 16.5 Å². The Morgan fingerprint density at radius 3 is 2.66 bits per heavy atom. The van der Waals surface area contributed by atoms with Gasteiger partial charge in [-0.25, -0.2) is 18.7 Å². The van der Waals surface area contributed by atoms with Gasteiger partial charge in [-0.3, -0.25) is 9.78 Å². The van der Waals surface area contributed by atoms with Crippen LogP contribution >= 0.6 is 11.6 Å². The van der Waals surface area contributed by atoms with E-state index in [-0.39, 0.29) is 34.2 Å². The van der Waals surface area contributed by atoms with Crippen molar-refractivity contribution in [1.29, 1.82) is 0 Å². The van der Waals surface area contributed by atoms with Gasteiger partial charge in [0.15, 0.2) is 5.65 Å². The van der Waals surface area contributed by atoms with Gasteiger partial charge in [0.25, 0.3) is 0 Å². The van der Waals surface area contributed by atoms with E-state index in [0.29, 0.717) is 53.5 Å². The normalized spacial score (nSPS) is 15.5. The number of anilines is 2. The maximum Gasteiger partial charge on any atom is 0.355 e. The van der Waals surface area contributed by atoms with Gasteiger partial charge in [0.2, 0.25) is 5.91 Å². The van der Waals surface area contributed by atoms with Gasteiger partial charge in [-0.2, -0.15) is 4.98 Å². The summed E-state index contributed by atoms with van der Waals surface area (Å²) in [5.41, 5.74) is 8.32. The Hall–Kier alpha value is -4.31. The first-order valence-electron chi connectivity index (χ1n) is 13.3. The molecule has 4 aromatic rings. The Kier molecular flexibility index (Phi) is 7.52. The van der Waals surface area contributed by atoms with E-state index in [9.17, 15) is 9.59 Å². The zero-order valence-electron chi connectivity index (χ0n) is 23.4. The van der Waals surface area contributed by atoms with E-state index >= 15 is 4.39 Å². The molecule has 0 saturated carbocycles. The summed E-state index contributed by atoms with van der Waals surface area (Å²) in [6.45, 7) is 12.5. The molecule has 0 spiro atoms. The number of aryl methyl sites for hydroxylation is 1. The predicted octanol–water partition coefficient (Wildman–Crippen LogP) is 4.87. The van der Waals surface area contributed by atoms with Crippen LogP contribution < -0.4 is 16.3 Å². The summed E-state index contributed by atoms with van der Waals surface area (Å²) in [5, 5.41) is 0.615. The fraction of sp³-hybridized carbons (Fsp3) is 0.300. The van der Waals surface area contributed by atoms with Crippen LogP contribution in [0.2, 0.25) is 5.02 Å². The standard InChI is InChI=1S/C30H31ClFN7O2/c1-6-24(40)37-11-12-38(18(5)15-37)28-21-14-23(32)26(20-13-19(33)7-8-22(20)31)35-29(21)39(30(41)36-28)27-17(4)9-10-34-25(27)16(2)3/h6-10,13-14,16,18H,1,11-12,15,33H2,2-5H3/t18-/m0/s1. The van der Waals surface area contributed by atoms with Crippen molar-refractivity contribution >= 4 is 40.0 Å². The molecule has 0 bridgehead atoms. The fourth-order valence-electron chi connectivity index (χ4n) is 5.33. The summed E-state index contributed by atoms with van der Waals surface area (Å²) in [6.07, 6.45) is 2.97. The molecule has 41 heavy (non-hydrogen) atoms. The topological polar surface area (TPSA) is 110 Å². The van der Waals surface area contributed by atoms with Crippen LogP contribution in [0.4, 0.5) is 15.9 Å². The van der Waals surface area contributed by atoms with E-state index in [1.54, 1.807) is 29.3 Å². The van der Waals surface area contributed by atoms with Gasteiger partial charge < -0.3 is 15.5 Å². The second kappa shape index (κ2) is 10.9. The molecule has 9 nitrogen and oxygen atoms in total. The SMILES string of the molecule is C=CC(=O)N1CCN(c2nc(=O)n(-c3c(C)ccnc3C(C)C)c3nc(-c4cc(N)ccc4Cl)c(F)cc23)[C@@H](C)C1. The number of aromatic nitrogens is 4. The van der Waals surface area contributed by atoms with Crippen molar-refractivity contribution in [2.24, 2.45) is 0 Å². The highest BCUT2D eigenvalue weighted by Crippen LogP contribution is 2.35. The average molecular weight is 576 g/mol. The summed E-state index contributed by atoms with van der Waals surface area (Å²) >= 11 is 6.46. The lowest BCUT2D eigenvalue weighted by Crippen LogP contribution is -2.54. The Bertz CT molecular complexity index is 1750. The van der Waals surface area contributed by atoms with Crippen molar-refractivity contribution < 1.29 is 9.18 Å².